The maximum Gasteiger partial charge on any atom is 0.281 e. The van der Waals surface area contributed by atoms with Crippen LogP contribution in [0.25, 0.3) is 10.2 Å². The summed E-state index contributed by atoms with van der Waals surface area (Å²) in [6.07, 6.45) is 4.58. The fourth-order valence-corrected chi connectivity index (χ4v) is 5.52. The molecule has 1 amide bonds. The summed E-state index contributed by atoms with van der Waals surface area (Å²) in [6, 6.07) is 0. The van der Waals surface area contributed by atoms with Gasteiger partial charge in [0.05, 0.1) is 16.6 Å². The Morgan fingerprint density at radius 2 is 2.03 bits per heavy atom. The van der Waals surface area contributed by atoms with Gasteiger partial charge in [-0.2, -0.15) is 5.10 Å². The predicted molar refractivity (Wildman–Crippen MR) is 115 cm³/mol. The second kappa shape index (κ2) is 6.79. The number of amides is 1. The Balaban J connectivity index is 1.75. The zero-order chi connectivity index (χ0) is 21.1. The van der Waals surface area contributed by atoms with Gasteiger partial charge in [-0.25, -0.2) is 9.66 Å². The van der Waals surface area contributed by atoms with E-state index in [2.05, 4.69) is 36.3 Å². The second-order valence-corrected chi connectivity index (χ2v) is 10.1. The molecule has 3 heterocycles. The summed E-state index contributed by atoms with van der Waals surface area (Å²) < 4.78 is 2.86. The molecule has 0 unspecified atom stereocenters. The molecule has 1 aliphatic carbocycles. The van der Waals surface area contributed by atoms with E-state index in [4.69, 9.17) is 0 Å². The van der Waals surface area contributed by atoms with Gasteiger partial charge in [-0.15, -0.1) is 11.3 Å². The monoisotopic (exact) mass is 413 g/mol. The highest BCUT2D eigenvalue weighted by Gasteiger charge is 2.32. The largest absolute Gasteiger partial charge is 0.281 e. The van der Waals surface area contributed by atoms with Gasteiger partial charge in [-0.3, -0.25) is 19.7 Å². The smallest absolute Gasteiger partial charge is 0.275 e. The van der Waals surface area contributed by atoms with Crippen LogP contribution in [0, 0.1) is 25.2 Å². The van der Waals surface area contributed by atoms with Crippen LogP contribution in [0.15, 0.2) is 11.0 Å². The molecule has 7 nitrogen and oxygen atoms in total. The van der Waals surface area contributed by atoms with Crippen LogP contribution in [0.2, 0.25) is 0 Å². The molecular formula is C21H27N5O2S. The molecule has 1 atom stereocenters. The van der Waals surface area contributed by atoms with E-state index in [9.17, 15) is 9.59 Å². The van der Waals surface area contributed by atoms with Gasteiger partial charge < -0.3 is 0 Å². The van der Waals surface area contributed by atoms with Crippen molar-refractivity contribution in [3.8, 4) is 0 Å². The van der Waals surface area contributed by atoms with Crippen LogP contribution in [0.5, 0.6) is 0 Å². The third kappa shape index (κ3) is 3.39. The first-order valence-corrected chi connectivity index (χ1v) is 10.7. The summed E-state index contributed by atoms with van der Waals surface area (Å²) in [6.45, 7) is 10.4. The van der Waals surface area contributed by atoms with Crippen molar-refractivity contribution >= 4 is 27.5 Å². The van der Waals surface area contributed by atoms with E-state index in [-0.39, 0.29) is 16.9 Å². The summed E-state index contributed by atoms with van der Waals surface area (Å²) in [5.74, 6) is 0.710. The quantitative estimate of drug-likeness (QED) is 0.699. The Hall–Kier alpha value is -2.48. The number of nitrogens with zero attached hydrogens (tertiary/aromatic N) is 4. The van der Waals surface area contributed by atoms with Crippen LogP contribution in [-0.2, 0) is 19.9 Å². The number of carbonyl (C=O) groups excluding carboxylic acids is 1. The highest BCUT2D eigenvalue weighted by molar-refractivity contribution is 7.18. The number of rotatable bonds is 2. The lowest BCUT2D eigenvalue weighted by atomic mass is 9.72. The Labute approximate surface area is 173 Å². The SMILES string of the molecule is Cc1nn(C)cc1C(=O)Nn1c(C)nc2sc3c(c2c1=O)CC[C@@H](C(C)(C)C)C3. The number of fused-ring (bicyclic) bond motifs is 3. The zero-order valence-corrected chi connectivity index (χ0v) is 18.6. The number of hydrogen-bond acceptors (Lipinski definition) is 5. The van der Waals surface area contributed by atoms with Crippen molar-refractivity contribution in [3.63, 3.8) is 0 Å². The fourth-order valence-electron chi connectivity index (χ4n) is 4.18. The standard InChI is InChI=1S/C21H27N5O2S/c1-11-15(10-25(6)23-11)18(27)24-26-12(2)22-19-17(20(26)28)14-8-7-13(21(3,4)5)9-16(14)29-19/h10,13H,7-9H2,1-6H3,(H,24,27)/t13-/m1/s1. The molecule has 4 rings (SSSR count). The van der Waals surface area contributed by atoms with Gasteiger partial charge in [0.25, 0.3) is 11.5 Å². The molecule has 0 aliphatic heterocycles. The first-order valence-electron chi connectivity index (χ1n) is 9.91. The molecule has 0 saturated carbocycles. The van der Waals surface area contributed by atoms with E-state index in [1.54, 1.807) is 43.1 Å². The van der Waals surface area contributed by atoms with Gasteiger partial charge >= 0.3 is 0 Å². The molecular weight excluding hydrogens is 386 g/mol. The Morgan fingerprint density at radius 3 is 2.66 bits per heavy atom. The van der Waals surface area contributed by atoms with Gasteiger partial charge in [0.15, 0.2) is 0 Å². The molecule has 0 radical (unpaired) electrons. The molecule has 154 valence electrons. The highest BCUT2D eigenvalue weighted by Crippen LogP contribution is 2.42. The summed E-state index contributed by atoms with van der Waals surface area (Å²) in [7, 11) is 1.76. The summed E-state index contributed by atoms with van der Waals surface area (Å²) in [4.78, 5) is 32.7. The Morgan fingerprint density at radius 1 is 1.31 bits per heavy atom. The molecule has 0 bridgehead atoms. The van der Waals surface area contributed by atoms with Crippen molar-refractivity contribution < 1.29 is 4.79 Å². The van der Waals surface area contributed by atoms with E-state index < -0.39 is 0 Å². The minimum absolute atomic E-state index is 0.200. The number of nitrogens with one attached hydrogen (secondary N) is 1. The molecule has 1 N–H and O–H groups in total. The van der Waals surface area contributed by atoms with Crippen molar-refractivity contribution in [1.82, 2.24) is 19.4 Å². The second-order valence-electron chi connectivity index (χ2n) is 9.03. The van der Waals surface area contributed by atoms with Gasteiger partial charge in [-0.05, 0) is 50.0 Å². The Kier molecular flexibility index (Phi) is 4.64. The van der Waals surface area contributed by atoms with Gasteiger partial charge in [-0.1, -0.05) is 20.8 Å². The molecule has 0 aromatic carbocycles. The van der Waals surface area contributed by atoms with Crippen molar-refractivity contribution in [3.05, 3.63) is 44.1 Å². The van der Waals surface area contributed by atoms with Crippen molar-refractivity contribution in [2.75, 3.05) is 5.43 Å². The lowest BCUT2D eigenvalue weighted by Crippen LogP contribution is -2.36. The summed E-state index contributed by atoms with van der Waals surface area (Å²) >= 11 is 1.63. The van der Waals surface area contributed by atoms with Crippen LogP contribution in [0.4, 0.5) is 0 Å². The molecule has 0 spiro atoms. The summed E-state index contributed by atoms with van der Waals surface area (Å²) in [5, 5.41) is 4.86. The lowest BCUT2D eigenvalue weighted by Gasteiger charge is -2.33. The van der Waals surface area contributed by atoms with Crippen molar-refractivity contribution in [2.45, 2.75) is 53.9 Å². The molecule has 29 heavy (non-hydrogen) atoms. The third-order valence-electron chi connectivity index (χ3n) is 5.95. The zero-order valence-electron chi connectivity index (χ0n) is 17.8. The number of aryl methyl sites for hydroxylation is 4. The summed E-state index contributed by atoms with van der Waals surface area (Å²) in [5.41, 5.74) is 4.94. The van der Waals surface area contributed by atoms with Crippen LogP contribution in [0.1, 0.15) is 59.5 Å². The average Bonchev–Trinajstić information content (AvgIpc) is 3.15. The molecule has 0 saturated heterocycles. The van der Waals surface area contributed by atoms with Crippen molar-refractivity contribution in [1.29, 1.82) is 0 Å². The van der Waals surface area contributed by atoms with Gasteiger partial charge in [0, 0.05) is 18.1 Å². The van der Waals surface area contributed by atoms with E-state index in [1.807, 2.05) is 0 Å². The molecule has 8 heteroatoms. The minimum Gasteiger partial charge on any atom is -0.275 e. The first-order chi connectivity index (χ1) is 13.6. The van der Waals surface area contributed by atoms with E-state index in [1.165, 1.54) is 9.55 Å². The molecule has 1 aliphatic rings. The molecule has 0 fully saturated rings. The maximum atomic E-state index is 13.3. The number of aromatic nitrogens is 4. The van der Waals surface area contributed by atoms with Crippen molar-refractivity contribution in [2.24, 2.45) is 18.4 Å². The minimum atomic E-state index is -0.362. The fraction of sp³-hybridized carbons (Fsp3) is 0.524. The van der Waals surface area contributed by atoms with Crippen LogP contribution in [0.3, 0.4) is 0 Å². The third-order valence-corrected chi connectivity index (χ3v) is 7.10. The molecule has 3 aromatic rings. The topological polar surface area (TPSA) is 81.8 Å². The average molecular weight is 414 g/mol. The highest BCUT2D eigenvalue weighted by atomic mass is 32.1. The number of thiophene rings is 1. The lowest BCUT2D eigenvalue weighted by molar-refractivity contribution is 0.101. The Bertz CT molecular complexity index is 1180. The first kappa shape index (κ1) is 19.8. The van der Waals surface area contributed by atoms with Gasteiger partial charge in [0.2, 0.25) is 0 Å². The predicted octanol–water partition coefficient (Wildman–Crippen LogP) is 3.34. The van der Waals surface area contributed by atoms with Gasteiger partial charge in [0.1, 0.15) is 10.7 Å². The maximum absolute atomic E-state index is 13.3. The molecule has 3 aromatic heterocycles. The van der Waals surface area contributed by atoms with Crippen LogP contribution < -0.4 is 11.0 Å². The van der Waals surface area contributed by atoms with Crippen LogP contribution in [-0.4, -0.2) is 25.3 Å². The van der Waals surface area contributed by atoms with E-state index in [0.717, 1.165) is 29.7 Å². The number of hydrogen-bond donors (Lipinski definition) is 1. The van der Waals surface area contributed by atoms with Crippen LogP contribution >= 0.6 is 11.3 Å². The van der Waals surface area contributed by atoms with E-state index in [0.29, 0.717) is 28.4 Å². The normalized spacial score (nSPS) is 16.8. The number of carbonyl (C=O) groups is 1. The van der Waals surface area contributed by atoms with E-state index >= 15 is 0 Å².